The SMILES string of the molecule is [Cl-].[Cl-].[NH4+].[Pt+]. The Kier molecular flexibility index (Phi) is 452. The molecule has 0 atom stereocenters. The van der Waals surface area contributed by atoms with Gasteiger partial charge in [-0.15, -0.1) is 0 Å². The smallest absolute Gasteiger partial charge is 1.00 e. The predicted octanol–water partition coefficient (Wildman–Crippen LogP) is -5.62. The molecule has 0 heterocycles. The van der Waals surface area contributed by atoms with Crippen molar-refractivity contribution >= 4 is 0 Å². The summed E-state index contributed by atoms with van der Waals surface area (Å²) < 4.78 is 0. The molecular formula is H4Cl2NPt. The van der Waals surface area contributed by atoms with Crippen LogP contribution in [0.2, 0.25) is 0 Å². The van der Waals surface area contributed by atoms with Crippen molar-refractivity contribution in [2.45, 2.75) is 0 Å². The Labute approximate surface area is 52.2 Å². The molecule has 4 N–H and O–H groups in total. The zero-order chi connectivity index (χ0) is 0. The van der Waals surface area contributed by atoms with Crippen LogP contribution in [0.25, 0.3) is 0 Å². The maximum absolute atomic E-state index is 0. The molecule has 0 aromatic heterocycles. The molecule has 0 spiro atoms. The molecule has 0 saturated carbocycles. The molecule has 0 unspecified atom stereocenters. The van der Waals surface area contributed by atoms with E-state index >= 15 is 0 Å². The fourth-order valence-corrected chi connectivity index (χ4v) is 0. The molecule has 0 aromatic carbocycles. The van der Waals surface area contributed by atoms with Crippen LogP contribution in [-0.4, -0.2) is 0 Å². The standard InChI is InChI=1S/2ClH.H3N.Pt/h2*1H;1H3;/q;;;+1/p-1. The molecule has 0 aromatic rings. The molecule has 33 valence electrons. The number of halogens is 2. The summed E-state index contributed by atoms with van der Waals surface area (Å²) in [6.45, 7) is 0. The fraction of sp³-hybridized carbons (Fsp3) is 0. The summed E-state index contributed by atoms with van der Waals surface area (Å²) in [5.41, 5.74) is 0. The van der Waals surface area contributed by atoms with Crippen LogP contribution < -0.4 is 31.0 Å². The van der Waals surface area contributed by atoms with E-state index in [1.165, 1.54) is 0 Å². The van der Waals surface area contributed by atoms with Crippen molar-refractivity contribution in [3.8, 4) is 0 Å². The average Bonchev–Trinajstić information content (AvgIpc) is 0. The van der Waals surface area contributed by atoms with E-state index in [1.54, 1.807) is 0 Å². The molecule has 4 heteroatoms. The van der Waals surface area contributed by atoms with E-state index < -0.39 is 0 Å². The van der Waals surface area contributed by atoms with E-state index in [0.29, 0.717) is 0 Å². The van der Waals surface area contributed by atoms with Crippen LogP contribution in [0.1, 0.15) is 0 Å². The van der Waals surface area contributed by atoms with Crippen molar-refractivity contribution in [3.05, 3.63) is 0 Å². The minimum Gasteiger partial charge on any atom is -1.00 e. The van der Waals surface area contributed by atoms with Gasteiger partial charge in [0.05, 0.1) is 0 Å². The van der Waals surface area contributed by atoms with Gasteiger partial charge in [-0.2, -0.15) is 0 Å². The minimum absolute atomic E-state index is 0. The molecular weight excluding hydrogens is 280 g/mol. The van der Waals surface area contributed by atoms with Gasteiger partial charge in [-0.25, -0.2) is 0 Å². The van der Waals surface area contributed by atoms with E-state index in [0.717, 1.165) is 0 Å². The summed E-state index contributed by atoms with van der Waals surface area (Å²) in [6.07, 6.45) is 0. The van der Waals surface area contributed by atoms with Crippen LogP contribution in [0.5, 0.6) is 0 Å². The summed E-state index contributed by atoms with van der Waals surface area (Å²) >= 11 is 0. The second kappa shape index (κ2) is 29.2. The maximum atomic E-state index is 0. The predicted molar refractivity (Wildman–Crippen MR) is 5.98 cm³/mol. The van der Waals surface area contributed by atoms with Crippen molar-refractivity contribution < 1.29 is 45.9 Å². The van der Waals surface area contributed by atoms with Crippen LogP contribution in [0.15, 0.2) is 0 Å². The largest absolute Gasteiger partial charge is 1.00 e. The van der Waals surface area contributed by atoms with Gasteiger partial charge < -0.3 is 31.0 Å². The Morgan fingerprint density at radius 2 is 0.750 bits per heavy atom. The van der Waals surface area contributed by atoms with Gasteiger partial charge in [0.15, 0.2) is 0 Å². The second-order valence-corrected chi connectivity index (χ2v) is 0. The summed E-state index contributed by atoms with van der Waals surface area (Å²) in [5.74, 6) is 0. The maximum Gasteiger partial charge on any atom is 1.00 e. The Balaban J connectivity index is 0. The van der Waals surface area contributed by atoms with Crippen molar-refractivity contribution in [1.82, 2.24) is 6.15 Å². The monoisotopic (exact) mass is 283 g/mol. The summed E-state index contributed by atoms with van der Waals surface area (Å²) in [5, 5.41) is 0. The number of rotatable bonds is 0. The molecule has 1 nitrogen and oxygen atoms in total. The Morgan fingerprint density at radius 3 is 0.750 bits per heavy atom. The first-order valence-electron chi connectivity index (χ1n) is 0. The third-order valence-corrected chi connectivity index (χ3v) is 0. The van der Waals surface area contributed by atoms with Crippen molar-refractivity contribution in [2.24, 2.45) is 0 Å². The molecule has 0 aliphatic heterocycles. The molecule has 0 bridgehead atoms. The Morgan fingerprint density at radius 1 is 0.750 bits per heavy atom. The van der Waals surface area contributed by atoms with E-state index in [2.05, 4.69) is 0 Å². The number of quaternary nitrogens is 1. The molecule has 1 radical (unpaired) electrons. The molecule has 0 fully saturated rings. The average molecular weight is 284 g/mol. The van der Waals surface area contributed by atoms with Gasteiger partial charge in [-0.1, -0.05) is 0 Å². The molecule has 4 heavy (non-hydrogen) atoms. The van der Waals surface area contributed by atoms with E-state index in [9.17, 15) is 0 Å². The molecule has 0 rings (SSSR count). The van der Waals surface area contributed by atoms with Gasteiger partial charge in [0.2, 0.25) is 0 Å². The summed E-state index contributed by atoms with van der Waals surface area (Å²) in [7, 11) is 0. The molecule has 0 saturated heterocycles. The quantitative estimate of drug-likeness (QED) is 0.460. The fourth-order valence-electron chi connectivity index (χ4n) is 0. The zero-order valence-electron chi connectivity index (χ0n) is 2.07. The van der Waals surface area contributed by atoms with Crippen molar-refractivity contribution in [2.75, 3.05) is 0 Å². The van der Waals surface area contributed by atoms with Crippen molar-refractivity contribution in [3.63, 3.8) is 0 Å². The van der Waals surface area contributed by atoms with Crippen LogP contribution in [0.3, 0.4) is 0 Å². The molecule has 0 amide bonds. The van der Waals surface area contributed by atoms with Crippen LogP contribution >= 0.6 is 0 Å². The van der Waals surface area contributed by atoms with Crippen LogP contribution in [-0.2, 0) is 21.1 Å². The van der Waals surface area contributed by atoms with E-state index in [-0.39, 0.29) is 52.0 Å². The van der Waals surface area contributed by atoms with E-state index in [1.807, 2.05) is 0 Å². The first-order valence-corrected chi connectivity index (χ1v) is 0. The van der Waals surface area contributed by atoms with E-state index in [4.69, 9.17) is 0 Å². The normalized spacial score (nSPS) is 0. The topological polar surface area (TPSA) is 36.5 Å². The summed E-state index contributed by atoms with van der Waals surface area (Å²) in [6, 6.07) is 0. The molecule has 0 aliphatic carbocycles. The first kappa shape index (κ1) is 62.0. The van der Waals surface area contributed by atoms with Gasteiger partial charge in [0, 0.05) is 0 Å². The molecule has 0 aliphatic rings. The third kappa shape index (κ3) is 10.6. The Hall–Kier alpha value is 1.23. The van der Waals surface area contributed by atoms with Gasteiger partial charge in [-0.3, -0.25) is 0 Å². The minimum atomic E-state index is 0. The van der Waals surface area contributed by atoms with Gasteiger partial charge in [0.1, 0.15) is 0 Å². The third-order valence-electron chi connectivity index (χ3n) is 0. The van der Waals surface area contributed by atoms with Crippen LogP contribution in [0, 0.1) is 0 Å². The van der Waals surface area contributed by atoms with Crippen LogP contribution in [0.4, 0.5) is 0 Å². The van der Waals surface area contributed by atoms with Gasteiger partial charge >= 0.3 is 21.1 Å². The van der Waals surface area contributed by atoms with Gasteiger partial charge in [0.25, 0.3) is 0 Å². The van der Waals surface area contributed by atoms with Gasteiger partial charge in [-0.05, 0) is 0 Å². The number of hydrogen-bond donors (Lipinski definition) is 1. The summed E-state index contributed by atoms with van der Waals surface area (Å²) in [4.78, 5) is 0. The number of hydrogen-bond acceptors (Lipinski definition) is 0. The van der Waals surface area contributed by atoms with Crippen molar-refractivity contribution in [1.29, 1.82) is 0 Å². The second-order valence-electron chi connectivity index (χ2n) is 0. The Bertz CT molecular complexity index is 6.00. The zero-order valence-corrected chi connectivity index (χ0v) is 5.86. The first-order chi connectivity index (χ1) is 0.